The predicted molar refractivity (Wildman–Crippen MR) is 201 cm³/mol. The van der Waals surface area contributed by atoms with Crippen LogP contribution in [-0.2, 0) is 9.59 Å². The molecule has 1 unspecified atom stereocenters. The lowest BCUT2D eigenvalue weighted by molar-refractivity contribution is -0.114. The molecule has 0 spiro atoms. The summed E-state index contributed by atoms with van der Waals surface area (Å²) >= 11 is 25.9. The highest BCUT2D eigenvalue weighted by molar-refractivity contribution is 6.55. The number of aliphatic imine (C=N–C) groups is 2. The third kappa shape index (κ3) is 6.93. The van der Waals surface area contributed by atoms with Crippen LogP contribution in [0.1, 0.15) is 50.3 Å². The van der Waals surface area contributed by atoms with Gasteiger partial charge in [0.1, 0.15) is 17.1 Å². The molecule has 6 rings (SSSR count). The average Bonchev–Trinajstić information content (AvgIpc) is 3.51. The molecule has 14 heteroatoms. The SMILES string of the molecule is CCN(CC)CC1C(=O)/C(=N\c2nnc(-c3cccc(Cl)c3Cl)c(/N=C3\C(=O)N(CN(CC)CC)c4ccc(Cl)cc43)n2)c2cc(Cl)ccc21. The first-order valence-corrected chi connectivity index (χ1v) is 17.9. The molecule has 1 aliphatic carbocycles. The van der Waals surface area contributed by atoms with Crippen LogP contribution in [0.3, 0.4) is 0 Å². The normalized spacial score (nSPS) is 17.2. The lowest BCUT2D eigenvalue weighted by atomic mass is 10.00. The van der Waals surface area contributed by atoms with E-state index in [1.807, 2.05) is 19.9 Å². The van der Waals surface area contributed by atoms with Crippen LogP contribution in [0.2, 0.25) is 20.1 Å². The third-order valence-corrected chi connectivity index (χ3v) is 10.3. The molecule has 0 saturated carbocycles. The van der Waals surface area contributed by atoms with Crippen LogP contribution in [-0.4, -0.2) is 87.5 Å². The maximum absolute atomic E-state index is 14.1. The summed E-state index contributed by atoms with van der Waals surface area (Å²) in [7, 11) is 0. The van der Waals surface area contributed by atoms with Crippen molar-refractivity contribution >= 4 is 87.0 Å². The number of fused-ring (bicyclic) bond motifs is 2. The van der Waals surface area contributed by atoms with Crippen molar-refractivity contribution < 1.29 is 9.59 Å². The number of halogens is 4. The Kier molecular flexibility index (Phi) is 11.0. The number of benzene rings is 3. The molecule has 0 radical (unpaired) electrons. The molecule has 0 bridgehead atoms. The zero-order valence-electron chi connectivity index (χ0n) is 27.9. The number of rotatable bonds is 11. The summed E-state index contributed by atoms with van der Waals surface area (Å²) in [6.07, 6.45) is 0. The van der Waals surface area contributed by atoms with Gasteiger partial charge in [-0.3, -0.25) is 19.4 Å². The Morgan fingerprint density at radius 1 is 0.760 bits per heavy atom. The average molecular weight is 753 g/mol. The number of ketones is 1. The fourth-order valence-electron chi connectivity index (χ4n) is 6.17. The molecule has 4 aromatic rings. The number of carbonyl (C=O) groups excluding carboxylic acids is 2. The van der Waals surface area contributed by atoms with Crippen LogP contribution < -0.4 is 4.90 Å². The van der Waals surface area contributed by atoms with E-state index in [4.69, 9.17) is 51.4 Å². The quantitative estimate of drug-likeness (QED) is 0.153. The van der Waals surface area contributed by atoms with Crippen LogP contribution in [0.15, 0.2) is 64.6 Å². The Morgan fingerprint density at radius 2 is 1.44 bits per heavy atom. The van der Waals surface area contributed by atoms with Crippen molar-refractivity contribution in [1.82, 2.24) is 25.0 Å². The monoisotopic (exact) mass is 750 g/mol. The smallest absolute Gasteiger partial charge is 0.278 e. The number of aromatic nitrogens is 3. The molecule has 0 saturated heterocycles. The number of hydrogen-bond donors (Lipinski definition) is 0. The number of nitrogens with zero attached hydrogens (tertiary/aromatic N) is 8. The number of anilines is 1. The van der Waals surface area contributed by atoms with Gasteiger partial charge in [0.2, 0.25) is 0 Å². The van der Waals surface area contributed by atoms with Gasteiger partial charge in [-0.25, -0.2) is 9.98 Å². The van der Waals surface area contributed by atoms with Crippen molar-refractivity contribution in [2.75, 3.05) is 44.3 Å². The Morgan fingerprint density at radius 3 is 2.14 bits per heavy atom. The van der Waals surface area contributed by atoms with Gasteiger partial charge >= 0.3 is 0 Å². The first-order valence-electron chi connectivity index (χ1n) is 16.3. The van der Waals surface area contributed by atoms with Gasteiger partial charge in [-0.05, 0) is 68.1 Å². The Bertz CT molecular complexity index is 2040. The second-order valence-electron chi connectivity index (χ2n) is 11.8. The minimum Gasteiger partial charge on any atom is -0.303 e. The molecule has 0 N–H and O–H groups in total. The molecule has 10 nitrogen and oxygen atoms in total. The molecular weight excluding hydrogens is 718 g/mol. The summed E-state index contributed by atoms with van der Waals surface area (Å²) in [6, 6.07) is 15.7. The molecule has 50 heavy (non-hydrogen) atoms. The van der Waals surface area contributed by atoms with Crippen molar-refractivity contribution in [3.8, 4) is 11.3 Å². The minimum atomic E-state index is -0.438. The second kappa shape index (κ2) is 15.2. The molecule has 1 atom stereocenters. The van der Waals surface area contributed by atoms with Crippen LogP contribution in [0, 0.1) is 0 Å². The molecule has 1 aliphatic heterocycles. The summed E-state index contributed by atoms with van der Waals surface area (Å²) in [5, 5.41) is 10.1. The van der Waals surface area contributed by atoms with Gasteiger partial charge in [0.15, 0.2) is 11.6 Å². The van der Waals surface area contributed by atoms with Gasteiger partial charge in [-0.1, -0.05) is 92.3 Å². The van der Waals surface area contributed by atoms with Crippen molar-refractivity contribution in [1.29, 1.82) is 0 Å². The molecule has 2 heterocycles. The maximum atomic E-state index is 14.1. The van der Waals surface area contributed by atoms with Gasteiger partial charge in [0, 0.05) is 33.3 Å². The molecule has 3 aromatic carbocycles. The number of hydrogen-bond acceptors (Lipinski definition) is 9. The number of likely N-dealkylation sites (N-methyl/N-ethyl adjacent to an activating group) is 1. The summed E-state index contributed by atoms with van der Waals surface area (Å²) in [5.74, 6) is -1.06. The first kappa shape index (κ1) is 36.0. The summed E-state index contributed by atoms with van der Waals surface area (Å²) < 4.78 is 0. The topological polar surface area (TPSA) is 107 Å². The molecule has 1 amide bonds. The molecule has 258 valence electrons. The van der Waals surface area contributed by atoms with Crippen molar-refractivity contribution in [3.05, 3.63) is 91.4 Å². The summed E-state index contributed by atoms with van der Waals surface area (Å²) in [4.78, 5) is 48.2. The standard InChI is InChI=1S/C36H34Cl4N8O2/c1-5-46(6-2)18-26-22-14-12-20(37)16-24(22)30(33(26)49)42-36-43-34(31(44-45-36)23-10-9-11-27(39)29(23)40)41-32-25-17-21(38)13-15-28(25)48(35(32)50)19-47(7-3)8-4/h9-17,26H,5-8,18-19H2,1-4H3/b41-32-,42-30-. The largest absolute Gasteiger partial charge is 0.303 e. The number of amides is 1. The fraction of sp³-hybridized carbons (Fsp3) is 0.306. The van der Waals surface area contributed by atoms with E-state index in [0.29, 0.717) is 45.6 Å². The summed E-state index contributed by atoms with van der Waals surface area (Å²) in [5.41, 5.74) is 3.52. The second-order valence-corrected chi connectivity index (χ2v) is 13.4. The Hall–Kier alpha value is -3.77. The van der Waals surface area contributed by atoms with Gasteiger partial charge in [-0.2, -0.15) is 4.98 Å². The van der Waals surface area contributed by atoms with Gasteiger partial charge in [0.05, 0.1) is 28.3 Å². The van der Waals surface area contributed by atoms with Crippen LogP contribution in [0.4, 0.5) is 17.5 Å². The van der Waals surface area contributed by atoms with E-state index in [1.54, 1.807) is 53.4 Å². The van der Waals surface area contributed by atoms with Crippen molar-refractivity contribution in [3.63, 3.8) is 0 Å². The maximum Gasteiger partial charge on any atom is 0.278 e. The molecule has 0 fully saturated rings. The number of Topliss-reactive ketones (excluding diaryl/α,β-unsaturated/α-hetero) is 1. The fourth-order valence-corrected chi connectivity index (χ4v) is 6.91. The van der Waals surface area contributed by atoms with Crippen molar-refractivity contribution in [2.45, 2.75) is 33.6 Å². The Labute approximate surface area is 310 Å². The zero-order chi connectivity index (χ0) is 35.7. The highest BCUT2D eigenvalue weighted by Gasteiger charge is 2.38. The van der Waals surface area contributed by atoms with E-state index in [-0.39, 0.29) is 50.6 Å². The lowest BCUT2D eigenvalue weighted by Gasteiger charge is -2.25. The van der Waals surface area contributed by atoms with Crippen LogP contribution in [0.5, 0.6) is 0 Å². The lowest BCUT2D eigenvalue weighted by Crippen LogP contribution is -2.41. The highest BCUT2D eigenvalue weighted by atomic mass is 35.5. The first-order chi connectivity index (χ1) is 24.1. The van der Waals surface area contributed by atoms with Crippen LogP contribution >= 0.6 is 46.4 Å². The van der Waals surface area contributed by atoms with E-state index in [1.165, 1.54) is 0 Å². The van der Waals surface area contributed by atoms with Gasteiger partial charge < -0.3 is 4.90 Å². The zero-order valence-corrected chi connectivity index (χ0v) is 30.9. The predicted octanol–water partition coefficient (Wildman–Crippen LogP) is 8.05. The number of carbonyl (C=O) groups is 2. The Balaban J connectivity index is 1.52. The van der Waals surface area contributed by atoms with Crippen LogP contribution in [0.25, 0.3) is 11.3 Å². The van der Waals surface area contributed by atoms with E-state index in [2.05, 4.69) is 43.8 Å². The van der Waals surface area contributed by atoms with E-state index < -0.39 is 5.92 Å². The van der Waals surface area contributed by atoms with Gasteiger partial charge in [0.25, 0.3) is 11.9 Å². The van der Waals surface area contributed by atoms with E-state index >= 15 is 0 Å². The summed E-state index contributed by atoms with van der Waals surface area (Å²) in [6.45, 7) is 12.1. The van der Waals surface area contributed by atoms with Crippen molar-refractivity contribution in [2.24, 2.45) is 9.98 Å². The highest BCUT2D eigenvalue weighted by Crippen LogP contribution is 2.40. The van der Waals surface area contributed by atoms with E-state index in [9.17, 15) is 9.59 Å². The molecule has 2 aliphatic rings. The minimum absolute atomic E-state index is 0.0129. The van der Waals surface area contributed by atoms with Gasteiger partial charge in [-0.15, -0.1) is 10.2 Å². The molecule has 1 aromatic heterocycles. The third-order valence-electron chi connectivity index (χ3n) is 9.01. The molecular formula is C36H34Cl4N8O2. The van der Waals surface area contributed by atoms with E-state index in [0.717, 1.165) is 31.7 Å².